The SMILES string of the molecule is Nc1ncnc2c1ncn2[C@@H]1O[C@@](CO)(NS)[C@@H](O)[C@H]1O. The van der Waals surface area contributed by atoms with E-state index in [4.69, 9.17) is 10.5 Å². The van der Waals surface area contributed by atoms with Gasteiger partial charge < -0.3 is 25.8 Å². The zero-order chi connectivity index (χ0) is 15.2. The van der Waals surface area contributed by atoms with E-state index in [1.54, 1.807) is 0 Å². The third-order valence-electron chi connectivity index (χ3n) is 3.51. The van der Waals surface area contributed by atoms with Crippen LogP contribution in [-0.4, -0.2) is 59.4 Å². The quantitative estimate of drug-likeness (QED) is 0.346. The minimum absolute atomic E-state index is 0.188. The van der Waals surface area contributed by atoms with E-state index in [0.29, 0.717) is 11.2 Å². The van der Waals surface area contributed by atoms with Crippen molar-refractivity contribution in [1.82, 2.24) is 24.2 Å². The maximum atomic E-state index is 10.2. The van der Waals surface area contributed by atoms with Gasteiger partial charge >= 0.3 is 0 Å². The molecule has 1 aliphatic heterocycles. The standard InChI is InChI=1S/C10H14N6O4S/c11-7-4-8(13-2-12-7)16(3-14-4)9-5(18)6(19)10(1-17,15-21)20-9/h2-3,5-6,9,15,17-19,21H,1H2,(H2,11,12,13)/t5-,6+,9-,10-/m1/s1. The summed E-state index contributed by atoms with van der Waals surface area (Å²) in [5, 5.41) is 29.6. The van der Waals surface area contributed by atoms with Gasteiger partial charge in [-0.15, -0.1) is 0 Å². The molecule has 3 rings (SSSR count). The fraction of sp³-hybridized carbons (Fsp3) is 0.500. The number of imidazole rings is 1. The largest absolute Gasteiger partial charge is 0.392 e. The van der Waals surface area contributed by atoms with Gasteiger partial charge in [-0.1, -0.05) is 12.8 Å². The number of nitrogen functional groups attached to an aromatic ring is 1. The molecule has 0 aromatic carbocycles. The number of ether oxygens (including phenoxy) is 1. The number of thiol groups is 1. The van der Waals surface area contributed by atoms with Gasteiger partial charge in [0.15, 0.2) is 23.4 Å². The average molecular weight is 314 g/mol. The lowest BCUT2D eigenvalue weighted by molar-refractivity contribution is -0.132. The van der Waals surface area contributed by atoms with Crippen molar-refractivity contribution in [3.05, 3.63) is 12.7 Å². The van der Waals surface area contributed by atoms with Crippen molar-refractivity contribution in [3.8, 4) is 0 Å². The van der Waals surface area contributed by atoms with E-state index in [1.807, 2.05) is 0 Å². The highest BCUT2D eigenvalue weighted by Crippen LogP contribution is 2.37. The summed E-state index contributed by atoms with van der Waals surface area (Å²) >= 11 is 3.83. The van der Waals surface area contributed by atoms with Crippen LogP contribution in [-0.2, 0) is 4.74 Å². The predicted octanol–water partition coefficient (Wildman–Crippen LogP) is -2.22. The van der Waals surface area contributed by atoms with E-state index in [1.165, 1.54) is 17.2 Å². The van der Waals surface area contributed by atoms with Gasteiger partial charge in [0.05, 0.1) is 12.9 Å². The number of anilines is 1. The van der Waals surface area contributed by atoms with Crippen LogP contribution < -0.4 is 10.5 Å². The van der Waals surface area contributed by atoms with Crippen molar-refractivity contribution in [2.75, 3.05) is 12.3 Å². The number of rotatable bonds is 3. The van der Waals surface area contributed by atoms with Crippen molar-refractivity contribution in [1.29, 1.82) is 0 Å². The molecular formula is C10H14N6O4S. The molecule has 0 bridgehead atoms. The van der Waals surface area contributed by atoms with Crippen molar-refractivity contribution < 1.29 is 20.1 Å². The van der Waals surface area contributed by atoms with Gasteiger partial charge in [-0.2, -0.15) is 0 Å². The van der Waals surface area contributed by atoms with Crippen LogP contribution >= 0.6 is 12.8 Å². The second-order valence-electron chi connectivity index (χ2n) is 4.69. The van der Waals surface area contributed by atoms with Crippen LogP contribution in [0.3, 0.4) is 0 Å². The lowest BCUT2D eigenvalue weighted by Crippen LogP contribution is -2.54. The molecule has 3 heterocycles. The normalized spacial score (nSPS) is 32.9. The maximum absolute atomic E-state index is 10.2. The highest BCUT2D eigenvalue weighted by molar-refractivity contribution is 7.78. The number of nitrogens with zero attached hydrogens (tertiary/aromatic N) is 4. The lowest BCUT2D eigenvalue weighted by atomic mass is 10.1. The molecule has 6 N–H and O–H groups in total. The summed E-state index contributed by atoms with van der Waals surface area (Å²) in [6.07, 6.45) is -1.13. The first kappa shape index (κ1) is 14.4. The Morgan fingerprint density at radius 3 is 2.81 bits per heavy atom. The lowest BCUT2D eigenvalue weighted by Gasteiger charge is -2.28. The summed E-state index contributed by atoms with van der Waals surface area (Å²) in [5.41, 5.74) is 4.79. The number of aliphatic hydroxyl groups excluding tert-OH is 3. The van der Waals surface area contributed by atoms with E-state index < -0.39 is 30.8 Å². The van der Waals surface area contributed by atoms with Crippen LogP contribution in [0.4, 0.5) is 5.82 Å². The van der Waals surface area contributed by atoms with E-state index in [2.05, 4.69) is 32.5 Å². The zero-order valence-corrected chi connectivity index (χ0v) is 11.6. The Morgan fingerprint density at radius 2 is 2.19 bits per heavy atom. The van der Waals surface area contributed by atoms with Crippen molar-refractivity contribution in [3.63, 3.8) is 0 Å². The number of fused-ring (bicyclic) bond motifs is 1. The van der Waals surface area contributed by atoms with Crippen LogP contribution in [0.5, 0.6) is 0 Å². The van der Waals surface area contributed by atoms with Crippen LogP contribution in [0, 0.1) is 0 Å². The number of nitrogens with one attached hydrogen (secondary N) is 1. The first-order valence-corrected chi connectivity index (χ1v) is 6.48. The Labute approximate surface area is 124 Å². The molecule has 2 aromatic rings. The van der Waals surface area contributed by atoms with Crippen LogP contribution in [0.1, 0.15) is 6.23 Å². The average Bonchev–Trinajstić information content (AvgIpc) is 3.02. The Bertz CT molecular complexity index is 662. The van der Waals surface area contributed by atoms with Crippen molar-refractivity contribution in [2.24, 2.45) is 0 Å². The molecule has 11 heteroatoms. The van der Waals surface area contributed by atoms with Gasteiger partial charge in [0.1, 0.15) is 24.1 Å². The summed E-state index contributed by atoms with van der Waals surface area (Å²) in [6.45, 7) is -0.588. The van der Waals surface area contributed by atoms with Gasteiger partial charge in [-0.3, -0.25) is 4.57 Å². The number of hydrogen-bond donors (Lipinski definition) is 6. The number of aliphatic hydroxyl groups is 3. The number of aromatic nitrogens is 4. The molecule has 0 unspecified atom stereocenters. The highest BCUT2D eigenvalue weighted by atomic mass is 32.1. The monoisotopic (exact) mass is 314 g/mol. The summed E-state index contributed by atoms with van der Waals surface area (Å²) in [5.74, 6) is 0.188. The minimum atomic E-state index is -1.59. The van der Waals surface area contributed by atoms with E-state index in [-0.39, 0.29) is 5.82 Å². The molecule has 0 amide bonds. The number of nitrogens with two attached hydrogens (primary N) is 1. The second-order valence-corrected chi connectivity index (χ2v) is 4.91. The molecule has 0 spiro atoms. The molecule has 1 fully saturated rings. The first-order chi connectivity index (χ1) is 10.0. The molecule has 114 valence electrons. The van der Waals surface area contributed by atoms with E-state index in [9.17, 15) is 15.3 Å². The Morgan fingerprint density at radius 1 is 1.43 bits per heavy atom. The fourth-order valence-electron chi connectivity index (χ4n) is 2.32. The van der Waals surface area contributed by atoms with Gasteiger partial charge in [0.25, 0.3) is 0 Å². The zero-order valence-electron chi connectivity index (χ0n) is 10.7. The Hall–Kier alpha value is -1.50. The molecule has 0 saturated carbocycles. The molecule has 1 aliphatic rings. The smallest absolute Gasteiger partial charge is 0.182 e. The first-order valence-electron chi connectivity index (χ1n) is 6.03. The highest BCUT2D eigenvalue weighted by Gasteiger charge is 2.54. The van der Waals surface area contributed by atoms with Gasteiger partial charge in [-0.25, -0.2) is 19.7 Å². The minimum Gasteiger partial charge on any atom is -0.392 e. The molecule has 0 aliphatic carbocycles. The van der Waals surface area contributed by atoms with Crippen LogP contribution in [0.2, 0.25) is 0 Å². The molecule has 0 radical (unpaired) electrons. The molecule has 21 heavy (non-hydrogen) atoms. The number of hydrogen-bond acceptors (Lipinski definition) is 10. The van der Waals surface area contributed by atoms with Gasteiger partial charge in [0, 0.05) is 0 Å². The Balaban J connectivity index is 2.06. The maximum Gasteiger partial charge on any atom is 0.182 e. The molecule has 10 nitrogen and oxygen atoms in total. The molecule has 1 saturated heterocycles. The molecular weight excluding hydrogens is 300 g/mol. The van der Waals surface area contributed by atoms with Crippen LogP contribution in [0.25, 0.3) is 11.2 Å². The summed E-state index contributed by atoms with van der Waals surface area (Å²) in [6, 6.07) is 0. The summed E-state index contributed by atoms with van der Waals surface area (Å²) < 4.78 is 9.33. The van der Waals surface area contributed by atoms with Crippen molar-refractivity contribution in [2.45, 2.75) is 24.2 Å². The summed E-state index contributed by atoms with van der Waals surface area (Å²) in [4.78, 5) is 11.9. The Kier molecular flexibility index (Phi) is 3.47. The van der Waals surface area contributed by atoms with E-state index >= 15 is 0 Å². The molecule has 4 atom stereocenters. The van der Waals surface area contributed by atoms with Crippen molar-refractivity contribution >= 4 is 29.8 Å². The van der Waals surface area contributed by atoms with Gasteiger partial charge in [-0.05, 0) is 0 Å². The third kappa shape index (κ3) is 1.97. The van der Waals surface area contributed by atoms with Gasteiger partial charge in [0.2, 0.25) is 0 Å². The molecule has 2 aromatic heterocycles. The fourth-order valence-corrected chi connectivity index (χ4v) is 2.58. The summed E-state index contributed by atoms with van der Waals surface area (Å²) in [7, 11) is 0. The predicted molar refractivity (Wildman–Crippen MR) is 73.8 cm³/mol. The topological polar surface area (TPSA) is 152 Å². The van der Waals surface area contributed by atoms with Crippen LogP contribution in [0.15, 0.2) is 12.7 Å². The second kappa shape index (κ2) is 5.05. The third-order valence-corrected chi connectivity index (χ3v) is 3.89. The van der Waals surface area contributed by atoms with E-state index in [0.717, 1.165) is 0 Å².